The lowest BCUT2D eigenvalue weighted by Gasteiger charge is -2.26. The van der Waals surface area contributed by atoms with Gasteiger partial charge in [-0.25, -0.2) is 8.42 Å². The fraction of sp³-hybridized carbons (Fsp3) is 0.208. The Balaban J connectivity index is 1.40. The van der Waals surface area contributed by atoms with Crippen LogP contribution in [0.2, 0.25) is 5.02 Å². The van der Waals surface area contributed by atoms with Crippen LogP contribution in [-0.4, -0.2) is 45.5 Å². The third kappa shape index (κ3) is 6.33. The van der Waals surface area contributed by atoms with Crippen LogP contribution in [0.3, 0.4) is 0 Å². The highest BCUT2D eigenvalue weighted by molar-refractivity contribution is 7.92. The van der Waals surface area contributed by atoms with E-state index in [4.69, 9.17) is 16.3 Å². The van der Waals surface area contributed by atoms with Gasteiger partial charge in [0, 0.05) is 41.6 Å². The zero-order chi connectivity index (χ0) is 23.3. The van der Waals surface area contributed by atoms with Crippen LogP contribution in [0.5, 0.6) is 0 Å². The van der Waals surface area contributed by atoms with Crippen LogP contribution in [0.4, 0.5) is 11.4 Å². The lowest BCUT2D eigenvalue weighted by molar-refractivity contribution is 0.0342. The number of hydrogen-bond acceptors (Lipinski definition) is 5. The zero-order valence-electron chi connectivity index (χ0n) is 17.8. The Labute approximate surface area is 198 Å². The molecule has 0 unspecified atom stereocenters. The van der Waals surface area contributed by atoms with Crippen molar-refractivity contribution < 1.29 is 17.9 Å². The molecule has 172 valence electrons. The fourth-order valence-corrected chi connectivity index (χ4v) is 4.67. The van der Waals surface area contributed by atoms with Gasteiger partial charge in [-0.15, -0.1) is 0 Å². The maximum Gasteiger partial charge on any atom is 0.261 e. The average molecular weight is 486 g/mol. The summed E-state index contributed by atoms with van der Waals surface area (Å²) in [4.78, 5) is 15.0. The molecule has 9 heteroatoms. The SMILES string of the molecule is O=C(Nc1cccc(CN2CCOCC2)c1)c1ccc(S(=O)(=O)Nc2ccc(Cl)cc2)cc1. The van der Waals surface area contributed by atoms with E-state index >= 15 is 0 Å². The Kier molecular flexibility index (Phi) is 7.29. The van der Waals surface area contributed by atoms with E-state index < -0.39 is 10.0 Å². The van der Waals surface area contributed by atoms with Crippen molar-refractivity contribution in [2.75, 3.05) is 36.3 Å². The van der Waals surface area contributed by atoms with E-state index in [2.05, 4.69) is 14.9 Å². The van der Waals surface area contributed by atoms with Crippen molar-refractivity contribution in [2.24, 2.45) is 0 Å². The molecule has 7 nitrogen and oxygen atoms in total. The van der Waals surface area contributed by atoms with Gasteiger partial charge < -0.3 is 10.1 Å². The Morgan fingerprint density at radius 1 is 0.939 bits per heavy atom. The van der Waals surface area contributed by atoms with Crippen molar-refractivity contribution >= 4 is 38.9 Å². The van der Waals surface area contributed by atoms with Gasteiger partial charge in [0.1, 0.15) is 0 Å². The van der Waals surface area contributed by atoms with Crippen LogP contribution in [-0.2, 0) is 21.3 Å². The number of nitrogens with zero attached hydrogens (tertiary/aromatic N) is 1. The van der Waals surface area contributed by atoms with Gasteiger partial charge in [0.2, 0.25) is 0 Å². The van der Waals surface area contributed by atoms with Crippen LogP contribution in [0.1, 0.15) is 15.9 Å². The third-order valence-corrected chi connectivity index (χ3v) is 6.87. The number of morpholine rings is 1. The Morgan fingerprint density at radius 2 is 1.64 bits per heavy atom. The molecule has 0 aromatic heterocycles. The number of sulfonamides is 1. The number of carbonyl (C=O) groups excluding carboxylic acids is 1. The van der Waals surface area contributed by atoms with E-state index in [1.807, 2.05) is 24.3 Å². The second-order valence-corrected chi connectivity index (χ2v) is 9.80. The summed E-state index contributed by atoms with van der Waals surface area (Å²) in [6.45, 7) is 4.03. The smallest absolute Gasteiger partial charge is 0.261 e. The number of nitrogens with one attached hydrogen (secondary N) is 2. The summed E-state index contributed by atoms with van der Waals surface area (Å²) in [5.41, 5.74) is 2.55. The maximum atomic E-state index is 12.7. The molecule has 1 fully saturated rings. The molecule has 0 saturated carbocycles. The topological polar surface area (TPSA) is 87.7 Å². The third-order valence-electron chi connectivity index (χ3n) is 5.22. The Hall–Kier alpha value is -2.91. The molecule has 33 heavy (non-hydrogen) atoms. The lowest BCUT2D eigenvalue weighted by Crippen LogP contribution is -2.35. The summed E-state index contributed by atoms with van der Waals surface area (Å²) >= 11 is 5.84. The zero-order valence-corrected chi connectivity index (χ0v) is 19.4. The lowest BCUT2D eigenvalue weighted by atomic mass is 10.1. The van der Waals surface area contributed by atoms with Gasteiger partial charge in [0.05, 0.1) is 18.1 Å². The molecule has 3 aromatic carbocycles. The van der Waals surface area contributed by atoms with Gasteiger partial charge in [0.25, 0.3) is 15.9 Å². The molecular formula is C24H24ClN3O4S. The van der Waals surface area contributed by atoms with E-state index in [1.54, 1.807) is 24.3 Å². The fourth-order valence-electron chi connectivity index (χ4n) is 3.49. The summed E-state index contributed by atoms with van der Waals surface area (Å²) in [7, 11) is -3.79. The van der Waals surface area contributed by atoms with Gasteiger partial charge in [-0.1, -0.05) is 23.7 Å². The minimum absolute atomic E-state index is 0.0570. The molecular weight excluding hydrogens is 462 g/mol. The van der Waals surface area contributed by atoms with Gasteiger partial charge in [-0.05, 0) is 66.2 Å². The standard InChI is InChI=1S/C24H24ClN3O4S/c25-20-6-8-21(9-7-20)27-33(30,31)23-10-4-19(5-11-23)24(29)26-22-3-1-2-18(16-22)17-28-12-14-32-15-13-28/h1-11,16,27H,12-15,17H2,(H,26,29). The summed E-state index contributed by atoms with van der Waals surface area (Å²) in [6, 6.07) is 19.9. The van der Waals surface area contributed by atoms with Gasteiger partial charge in [-0.3, -0.25) is 14.4 Å². The number of amides is 1. The van der Waals surface area contributed by atoms with Gasteiger partial charge in [0.15, 0.2) is 0 Å². The minimum atomic E-state index is -3.79. The summed E-state index contributed by atoms with van der Waals surface area (Å²) in [5, 5.41) is 3.39. The van der Waals surface area contributed by atoms with Crippen LogP contribution in [0, 0.1) is 0 Å². The predicted octanol–water partition coefficient (Wildman–Crippen LogP) is 4.23. The van der Waals surface area contributed by atoms with Crippen molar-refractivity contribution in [1.29, 1.82) is 0 Å². The highest BCUT2D eigenvalue weighted by atomic mass is 35.5. The molecule has 4 rings (SSSR count). The van der Waals surface area contributed by atoms with Crippen molar-refractivity contribution in [2.45, 2.75) is 11.4 Å². The Morgan fingerprint density at radius 3 is 2.33 bits per heavy atom. The molecule has 1 heterocycles. The molecule has 0 radical (unpaired) electrons. The second kappa shape index (κ2) is 10.4. The normalized spacial score (nSPS) is 14.6. The van der Waals surface area contributed by atoms with Crippen LogP contribution in [0.25, 0.3) is 0 Å². The van der Waals surface area contributed by atoms with Crippen molar-refractivity contribution in [3.63, 3.8) is 0 Å². The van der Waals surface area contributed by atoms with Gasteiger partial charge in [-0.2, -0.15) is 0 Å². The number of ether oxygens (including phenoxy) is 1. The van der Waals surface area contributed by atoms with Gasteiger partial charge >= 0.3 is 0 Å². The number of rotatable bonds is 7. The molecule has 1 amide bonds. The molecule has 0 atom stereocenters. The molecule has 0 bridgehead atoms. The molecule has 2 N–H and O–H groups in total. The van der Waals surface area contributed by atoms with E-state index in [0.29, 0.717) is 22.0 Å². The van der Waals surface area contributed by atoms with E-state index in [1.165, 1.54) is 24.3 Å². The first-order valence-electron chi connectivity index (χ1n) is 10.5. The molecule has 3 aromatic rings. The Bertz CT molecular complexity index is 1210. The van der Waals surface area contributed by atoms with Crippen molar-refractivity contribution in [3.05, 3.63) is 88.9 Å². The largest absolute Gasteiger partial charge is 0.379 e. The number of carbonyl (C=O) groups is 1. The number of anilines is 2. The van der Waals surface area contributed by atoms with Crippen LogP contribution < -0.4 is 10.0 Å². The first-order chi connectivity index (χ1) is 15.9. The number of halogens is 1. The summed E-state index contributed by atoms with van der Waals surface area (Å²) in [6.07, 6.45) is 0. The van der Waals surface area contributed by atoms with Crippen molar-refractivity contribution in [1.82, 2.24) is 4.90 Å². The van der Waals surface area contributed by atoms with E-state index in [-0.39, 0.29) is 10.8 Å². The summed E-state index contributed by atoms with van der Waals surface area (Å²) in [5.74, 6) is -0.312. The molecule has 0 aliphatic carbocycles. The monoisotopic (exact) mass is 485 g/mol. The summed E-state index contributed by atoms with van der Waals surface area (Å²) < 4.78 is 33.1. The predicted molar refractivity (Wildman–Crippen MR) is 129 cm³/mol. The second-order valence-electron chi connectivity index (χ2n) is 7.68. The molecule has 0 spiro atoms. The van der Waals surface area contributed by atoms with E-state index in [0.717, 1.165) is 38.4 Å². The first-order valence-corrected chi connectivity index (χ1v) is 12.3. The molecule has 1 saturated heterocycles. The molecule has 1 aliphatic rings. The first kappa shape index (κ1) is 23.3. The number of benzene rings is 3. The highest BCUT2D eigenvalue weighted by Crippen LogP contribution is 2.20. The maximum absolute atomic E-state index is 12.7. The molecule has 1 aliphatic heterocycles. The quantitative estimate of drug-likeness (QED) is 0.523. The average Bonchev–Trinajstić information content (AvgIpc) is 2.81. The minimum Gasteiger partial charge on any atom is -0.379 e. The van der Waals surface area contributed by atoms with Crippen LogP contribution in [0.15, 0.2) is 77.7 Å². The number of hydrogen-bond donors (Lipinski definition) is 2. The van der Waals surface area contributed by atoms with Crippen LogP contribution >= 0.6 is 11.6 Å². The van der Waals surface area contributed by atoms with Crippen molar-refractivity contribution in [3.8, 4) is 0 Å². The van der Waals surface area contributed by atoms with E-state index in [9.17, 15) is 13.2 Å². The highest BCUT2D eigenvalue weighted by Gasteiger charge is 2.16.